The average molecular weight is 564 g/mol. The summed E-state index contributed by atoms with van der Waals surface area (Å²) in [6.45, 7) is 5.69. The second-order valence-electron chi connectivity index (χ2n) is 8.24. The molecule has 2 aliphatic rings. The van der Waals surface area contributed by atoms with Crippen LogP contribution in [-0.2, 0) is 11.3 Å². The lowest BCUT2D eigenvalue weighted by Gasteiger charge is -2.37. The van der Waals surface area contributed by atoms with Crippen LogP contribution in [-0.4, -0.2) is 73.1 Å². The van der Waals surface area contributed by atoms with Gasteiger partial charge in [0.1, 0.15) is 11.6 Å². The van der Waals surface area contributed by atoms with Gasteiger partial charge in [-0.25, -0.2) is 9.97 Å². The highest BCUT2D eigenvalue weighted by molar-refractivity contribution is 14.0. The van der Waals surface area contributed by atoms with E-state index in [2.05, 4.69) is 47.1 Å². The van der Waals surface area contributed by atoms with Crippen molar-refractivity contribution >= 4 is 47.5 Å². The molecule has 1 unspecified atom stereocenters. The predicted octanol–water partition coefficient (Wildman–Crippen LogP) is 1.69. The summed E-state index contributed by atoms with van der Waals surface area (Å²) in [4.78, 5) is 32.0. The van der Waals surface area contributed by atoms with Crippen molar-refractivity contribution in [2.24, 2.45) is 16.6 Å². The van der Waals surface area contributed by atoms with Crippen LogP contribution in [0.2, 0.25) is 0 Å². The smallest absolute Gasteiger partial charge is 0.222 e. The number of nitrogens with two attached hydrogens (primary N) is 1. The number of amides is 1. The number of hydrogen-bond acceptors (Lipinski definition) is 6. The highest BCUT2D eigenvalue weighted by Gasteiger charge is 2.26. The van der Waals surface area contributed by atoms with Gasteiger partial charge in [0, 0.05) is 70.8 Å². The first-order valence-electron chi connectivity index (χ1n) is 11.3. The van der Waals surface area contributed by atoms with E-state index < -0.39 is 0 Å². The van der Waals surface area contributed by atoms with Crippen LogP contribution in [0.3, 0.4) is 0 Å². The third-order valence-electron chi connectivity index (χ3n) is 6.19. The number of rotatable bonds is 5. The van der Waals surface area contributed by atoms with E-state index in [9.17, 15) is 4.79 Å². The molecule has 0 radical (unpaired) electrons. The number of guanidine groups is 1. The van der Waals surface area contributed by atoms with E-state index in [1.54, 1.807) is 6.20 Å². The SMILES string of the molecule is CN=C(NCc1cccnc1N1CCCC(C(N)=O)C1)N1CCN(c2ccccn2)CC1.I. The molecule has 2 fully saturated rings. The topological polar surface area (TPSA) is 103 Å². The average Bonchev–Trinajstić information content (AvgIpc) is 2.85. The van der Waals surface area contributed by atoms with Crippen molar-refractivity contribution in [1.82, 2.24) is 20.2 Å². The summed E-state index contributed by atoms with van der Waals surface area (Å²) in [6.07, 6.45) is 5.43. The fraction of sp³-hybridized carbons (Fsp3) is 0.478. The van der Waals surface area contributed by atoms with Gasteiger partial charge in [-0.05, 0) is 31.0 Å². The van der Waals surface area contributed by atoms with E-state index in [1.165, 1.54) is 0 Å². The molecule has 0 aromatic carbocycles. The number of aromatic nitrogens is 2. The molecule has 2 aromatic heterocycles. The molecule has 1 atom stereocenters. The molecule has 2 aromatic rings. The maximum Gasteiger partial charge on any atom is 0.222 e. The Kier molecular flexibility index (Phi) is 9.10. The van der Waals surface area contributed by atoms with Crippen LogP contribution in [0.25, 0.3) is 0 Å². The monoisotopic (exact) mass is 564 g/mol. The van der Waals surface area contributed by atoms with Gasteiger partial charge in [-0.15, -0.1) is 24.0 Å². The number of halogens is 1. The molecule has 33 heavy (non-hydrogen) atoms. The molecular formula is C23H33IN8O. The van der Waals surface area contributed by atoms with Gasteiger partial charge in [0.05, 0.1) is 5.92 Å². The first kappa shape index (κ1) is 25.0. The number of nitrogens with one attached hydrogen (secondary N) is 1. The Hall–Kier alpha value is -2.63. The number of piperidine rings is 1. The summed E-state index contributed by atoms with van der Waals surface area (Å²) in [5.41, 5.74) is 6.65. The lowest BCUT2D eigenvalue weighted by molar-refractivity contribution is -0.122. The Balaban J connectivity index is 0.00000306. The van der Waals surface area contributed by atoms with Gasteiger partial charge >= 0.3 is 0 Å². The molecule has 3 N–H and O–H groups in total. The maximum atomic E-state index is 11.7. The number of hydrogen-bond donors (Lipinski definition) is 2. The van der Waals surface area contributed by atoms with Crippen molar-refractivity contribution in [2.75, 3.05) is 56.1 Å². The van der Waals surface area contributed by atoms with Crippen LogP contribution in [0.5, 0.6) is 0 Å². The summed E-state index contributed by atoms with van der Waals surface area (Å²) in [7, 11) is 1.82. The molecule has 1 amide bonds. The second kappa shape index (κ2) is 12.0. The van der Waals surface area contributed by atoms with Gasteiger partial charge in [0.15, 0.2) is 5.96 Å². The Labute approximate surface area is 212 Å². The van der Waals surface area contributed by atoms with Crippen molar-refractivity contribution in [3.8, 4) is 0 Å². The molecule has 178 valence electrons. The van der Waals surface area contributed by atoms with Crippen LogP contribution < -0.4 is 20.9 Å². The van der Waals surface area contributed by atoms with Gasteiger partial charge in [-0.2, -0.15) is 0 Å². The van der Waals surface area contributed by atoms with E-state index in [0.717, 1.165) is 68.7 Å². The zero-order chi connectivity index (χ0) is 22.3. The van der Waals surface area contributed by atoms with Crippen LogP contribution in [0.4, 0.5) is 11.6 Å². The lowest BCUT2D eigenvalue weighted by atomic mass is 9.97. The normalized spacial score (nSPS) is 19.1. The van der Waals surface area contributed by atoms with Crippen molar-refractivity contribution in [1.29, 1.82) is 0 Å². The van der Waals surface area contributed by atoms with Gasteiger partial charge in [-0.1, -0.05) is 12.1 Å². The zero-order valence-electron chi connectivity index (χ0n) is 19.1. The highest BCUT2D eigenvalue weighted by atomic mass is 127. The van der Waals surface area contributed by atoms with Crippen LogP contribution >= 0.6 is 24.0 Å². The van der Waals surface area contributed by atoms with E-state index in [1.807, 2.05) is 31.4 Å². The molecule has 4 heterocycles. The van der Waals surface area contributed by atoms with Crippen LogP contribution in [0, 0.1) is 5.92 Å². The summed E-state index contributed by atoms with van der Waals surface area (Å²) in [5.74, 6) is 2.48. The molecule has 2 saturated heterocycles. The minimum Gasteiger partial charge on any atom is -0.369 e. The second-order valence-corrected chi connectivity index (χ2v) is 8.24. The largest absolute Gasteiger partial charge is 0.369 e. The van der Waals surface area contributed by atoms with E-state index in [0.29, 0.717) is 13.1 Å². The number of aliphatic imine (C=N–C) groups is 1. The summed E-state index contributed by atoms with van der Waals surface area (Å²) >= 11 is 0. The Morgan fingerprint density at radius 3 is 2.58 bits per heavy atom. The molecule has 0 saturated carbocycles. The van der Waals surface area contributed by atoms with Crippen molar-refractivity contribution in [3.63, 3.8) is 0 Å². The molecular weight excluding hydrogens is 531 g/mol. The molecule has 9 nitrogen and oxygen atoms in total. The number of primary amides is 1. The minimum absolute atomic E-state index is 0. The van der Waals surface area contributed by atoms with Crippen molar-refractivity contribution < 1.29 is 4.79 Å². The van der Waals surface area contributed by atoms with Crippen molar-refractivity contribution in [2.45, 2.75) is 19.4 Å². The number of carbonyl (C=O) groups excluding carboxylic acids is 1. The fourth-order valence-corrected chi connectivity index (χ4v) is 4.45. The molecule has 0 spiro atoms. The van der Waals surface area contributed by atoms with Crippen LogP contribution in [0.1, 0.15) is 18.4 Å². The van der Waals surface area contributed by atoms with Gasteiger partial charge in [0.25, 0.3) is 0 Å². The third-order valence-corrected chi connectivity index (χ3v) is 6.19. The Morgan fingerprint density at radius 2 is 1.88 bits per heavy atom. The molecule has 0 aliphatic carbocycles. The van der Waals surface area contributed by atoms with E-state index in [4.69, 9.17) is 5.73 Å². The predicted molar refractivity (Wildman–Crippen MR) is 142 cm³/mol. The number of carbonyl (C=O) groups is 1. The summed E-state index contributed by atoms with van der Waals surface area (Å²) in [6, 6.07) is 10.0. The molecule has 2 aliphatic heterocycles. The molecule has 10 heteroatoms. The number of anilines is 2. The quantitative estimate of drug-likeness (QED) is 0.324. The Morgan fingerprint density at radius 1 is 1.09 bits per heavy atom. The maximum absolute atomic E-state index is 11.7. The number of nitrogens with zero attached hydrogens (tertiary/aromatic N) is 6. The standard InChI is InChI=1S/C23H32N8O.HI/c1-25-23(30-14-12-29(13-15-30)20-8-2-3-9-26-20)28-16-18-6-4-10-27-22(18)31-11-5-7-19(17-31)21(24)32;/h2-4,6,8-10,19H,5,7,11-17H2,1H3,(H2,24,32)(H,25,28);1H. The highest BCUT2D eigenvalue weighted by Crippen LogP contribution is 2.24. The molecule has 4 rings (SSSR count). The summed E-state index contributed by atoms with van der Waals surface area (Å²) < 4.78 is 0. The number of piperazine rings is 1. The molecule has 0 bridgehead atoms. The summed E-state index contributed by atoms with van der Waals surface area (Å²) in [5, 5.41) is 3.51. The number of pyridine rings is 2. The van der Waals surface area contributed by atoms with Crippen molar-refractivity contribution in [3.05, 3.63) is 48.3 Å². The van der Waals surface area contributed by atoms with Gasteiger partial charge < -0.3 is 25.8 Å². The van der Waals surface area contributed by atoms with Crippen LogP contribution in [0.15, 0.2) is 47.7 Å². The fourth-order valence-electron chi connectivity index (χ4n) is 4.45. The van der Waals surface area contributed by atoms with E-state index >= 15 is 0 Å². The Bertz CT molecular complexity index is 933. The zero-order valence-corrected chi connectivity index (χ0v) is 21.4. The van der Waals surface area contributed by atoms with E-state index in [-0.39, 0.29) is 35.8 Å². The third kappa shape index (κ3) is 6.24. The van der Waals surface area contributed by atoms with Gasteiger partial charge in [0.2, 0.25) is 5.91 Å². The first-order chi connectivity index (χ1) is 15.7. The first-order valence-corrected chi connectivity index (χ1v) is 11.3. The van der Waals surface area contributed by atoms with Gasteiger partial charge in [-0.3, -0.25) is 9.79 Å². The lowest BCUT2D eigenvalue weighted by Crippen LogP contribution is -2.52. The minimum atomic E-state index is -0.226.